The van der Waals surface area contributed by atoms with Crippen molar-refractivity contribution in [2.45, 2.75) is 19.9 Å². The van der Waals surface area contributed by atoms with Crippen molar-refractivity contribution in [2.75, 3.05) is 25.1 Å². The van der Waals surface area contributed by atoms with E-state index in [1.165, 1.54) is 4.57 Å². The lowest BCUT2D eigenvalue weighted by Crippen LogP contribution is -2.52. The number of aliphatic imine (C=N–C) groups is 1. The van der Waals surface area contributed by atoms with Gasteiger partial charge in [-0.15, -0.1) is 0 Å². The van der Waals surface area contributed by atoms with Crippen LogP contribution in [0, 0.1) is 6.92 Å². The van der Waals surface area contributed by atoms with Gasteiger partial charge in [-0.3, -0.25) is 29.8 Å². The molecule has 1 aromatic heterocycles. The second-order valence-corrected chi connectivity index (χ2v) is 8.48. The SMILES string of the molecule is Cc1cc(Cl)ccc1CCn1c(NNC=O)nc2cc(N=C(N)N3CCNC(=O)C3)ccc2c1=O. The van der Waals surface area contributed by atoms with E-state index in [1.807, 2.05) is 25.1 Å². The van der Waals surface area contributed by atoms with E-state index < -0.39 is 0 Å². The lowest BCUT2D eigenvalue weighted by molar-refractivity contribution is -0.122. The number of carbonyl (C=O) groups is 2. The molecule has 5 N–H and O–H groups in total. The van der Waals surface area contributed by atoms with E-state index in [2.05, 4.69) is 26.1 Å². The Morgan fingerprint density at radius 2 is 2.11 bits per heavy atom. The van der Waals surface area contributed by atoms with Crippen LogP contribution in [0.5, 0.6) is 0 Å². The van der Waals surface area contributed by atoms with Gasteiger partial charge in [0.1, 0.15) is 0 Å². The number of amides is 2. The van der Waals surface area contributed by atoms with Gasteiger partial charge < -0.3 is 16.0 Å². The van der Waals surface area contributed by atoms with E-state index >= 15 is 0 Å². The summed E-state index contributed by atoms with van der Waals surface area (Å²) in [4.78, 5) is 46.4. The van der Waals surface area contributed by atoms with Gasteiger partial charge in [0.15, 0.2) is 5.96 Å². The van der Waals surface area contributed by atoms with E-state index in [4.69, 9.17) is 17.3 Å². The summed E-state index contributed by atoms with van der Waals surface area (Å²) >= 11 is 6.05. The predicted octanol–water partition coefficient (Wildman–Crippen LogP) is 1.05. The molecule has 0 spiro atoms. The maximum atomic E-state index is 13.3. The van der Waals surface area contributed by atoms with Crippen LogP contribution in [0.3, 0.4) is 0 Å². The number of nitrogens with one attached hydrogen (secondary N) is 3. The Morgan fingerprint density at radius 1 is 1.29 bits per heavy atom. The van der Waals surface area contributed by atoms with Gasteiger partial charge in [-0.05, 0) is 54.8 Å². The second-order valence-electron chi connectivity index (χ2n) is 8.04. The molecular formula is C23H25ClN8O3. The minimum Gasteiger partial charge on any atom is -0.369 e. The van der Waals surface area contributed by atoms with Crippen LogP contribution in [0.1, 0.15) is 11.1 Å². The van der Waals surface area contributed by atoms with Gasteiger partial charge in [-0.1, -0.05) is 17.7 Å². The largest absolute Gasteiger partial charge is 0.369 e. The van der Waals surface area contributed by atoms with Crippen LogP contribution in [0.4, 0.5) is 11.6 Å². The first-order valence-electron chi connectivity index (χ1n) is 11.0. The molecule has 1 aliphatic heterocycles. The summed E-state index contributed by atoms with van der Waals surface area (Å²) in [6, 6.07) is 10.5. The number of carbonyl (C=O) groups excluding carboxylic acids is 2. The maximum Gasteiger partial charge on any atom is 0.262 e. The predicted molar refractivity (Wildman–Crippen MR) is 135 cm³/mol. The van der Waals surface area contributed by atoms with Gasteiger partial charge in [0.05, 0.1) is 23.1 Å². The molecule has 12 heteroatoms. The molecule has 2 heterocycles. The standard InChI is InChI=1S/C23H25ClN8O3/c1-14-10-16(24)3-2-15(14)6-8-32-21(35)18-5-4-17(11-19(18)29-23(32)30-27-13-33)28-22(25)31-9-7-26-20(34)12-31/h2-5,10-11,13H,6-9,12H2,1H3,(H2,25,28)(H,26,34)(H,27,33)(H,29,30). The molecule has 0 atom stereocenters. The zero-order valence-corrected chi connectivity index (χ0v) is 19.8. The number of hydrogen-bond donors (Lipinski definition) is 4. The second kappa shape index (κ2) is 10.4. The first kappa shape index (κ1) is 24.0. The number of nitrogens with two attached hydrogens (primary N) is 1. The number of halogens is 1. The first-order chi connectivity index (χ1) is 16.9. The van der Waals surface area contributed by atoms with Crippen LogP contribution in [-0.4, -0.2) is 52.4 Å². The molecule has 2 amide bonds. The molecule has 3 aromatic rings. The Labute approximate surface area is 206 Å². The molecule has 182 valence electrons. The van der Waals surface area contributed by atoms with Crippen LogP contribution < -0.4 is 27.5 Å². The third kappa shape index (κ3) is 5.52. The van der Waals surface area contributed by atoms with Crippen LogP contribution >= 0.6 is 11.6 Å². The third-order valence-corrected chi connectivity index (χ3v) is 5.93. The molecule has 35 heavy (non-hydrogen) atoms. The number of aryl methyl sites for hydroxylation is 2. The fourth-order valence-electron chi connectivity index (χ4n) is 3.89. The monoisotopic (exact) mass is 496 g/mol. The van der Waals surface area contributed by atoms with Crippen molar-refractivity contribution in [1.82, 2.24) is 25.2 Å². The van der Waals surface area contributed by atoms with Crippen molar-refractivity contribution in [3.8, 4) is 0 Å². The summed E-state index contributed by atoms with van der Waals surface area (Å²) in [5, 5.41) is 3.78. The summed E-state index contributed by atoms with van der Waals surface area (Å²) in [6.07, 6.45) is 1.02. The number of nitrogens with zero attached hydrogens (tertiary/aromatic N) is 4. The molecule has 11 nitrogen and oxygen atoms in total. The third-order valence-electron chi connectivity index (χ3n) is 5.70. The zero-order valence-electron chi connectivity index (χ0n) is 19.0. The van der Waals surface area contributed by atoms with Gasteiger partial charge in [-0.25, -0.2) is 9.98 Å². The molecule has 0 saturated carbocycles. The molecule has 0 radical (unpaired) electrons. The van der Waals surface area contributed by atoms with Gasteiger partial charge in [0.25, 0.3) is 5.56 Å². The number of guanidine groups is 1. The van der Waals surface area contributed by atoms with E-state index in [0.717, 1.165) is 11.1 Å². The van der Waals surface area contributed by atoms with Gasteiger partial charge in [0.2, 0.25) is 18.3 Å². The highest BCUT2D eigenvalue weighted by atomic mass is 35.5. The number of aromatic nitrogens is 2. The van der Waals surface area contributed by atoms with Crippen LogP contribution in [0.2, 0.25) is 5.02 Å². The minimum absolute atomic E-state index is 0.123. The topological polar surface area (TPSA) is 147 Å². The first-order valence-corrected chi connectivity index (χ1v) is 11.3. The number of benzene rings is 2. The molecule has 2 aromatic carbocycles. The highest BCUT2D eigenvalue weighted by Crippen LogP contribution is 2.21. The van der Waals surface area contributed by atoms with Crippen molar-refractivity contribution in [3.63, 3.8) is 0 Å². The molecule has 1 fully saturated rings. The van der Waals surface area contributed by atoms with Gasteiger partial charge in [0, 0.05) is 24.7 Å². The molecule has 0 aliphatic carbocycles. The Bertz CT molecular complexity index is 1370. The molecule has 4 rings (SSSR count). The van der Waals surface area contributed by atoms with Gasteiger partial charge in [-0.2, -0.15) is 0 Å². The normalized spacial score (nSPS) is 14.1. The summed E-state index contributed by atoms with van der Waals surface area (Å²) in [6.45, 7) is 3.46. The summed E-state index contributed by atoms with van der Waals surface area (Å²) in [7, 11) is 0. The molecule has 0 unspecified atom stereocenters. The highest BCUT2D eigenvalue weighted by Gasteiger charge is 2.18. The Kier molecular flexibility index (Phi) is 7.16. The van der Waals surface area contributed by atoms with Crippen molar-refractivity contribution >= 4 is 52.4 Å². The van der Waals surface area contributed by atoms with E-state index in [1.54, 1.807) is 23.1 Å². The van der Waals surface area contributed by atoms with Crippen LogP contribution in [-0.2, 0) is 22.6 Å². The fourth-order valence-corrected chi connectivity index (χ4v) is 4.11. The minimum atomic E-state index is -0.270. The number of fused-ring (bicyclic) bond motifs is 1. The van der Waals surface area contributed by atoms with Gasteiger partial charge >= 0.3 is 0 Å². The molecule has 1 aliphatic rings. The lowest BCUT2D eigenvalue weighted by Gasteiger charge is -2.27. The molecule has 1 saturated heterocycles. The highest BCUT2D eigenvalue weighted by molar-refractivity contribution is 6.30. The number of hydrogen-bond acceptors (Lipinski definition) is 6. The van der Waals surface area contributed by atoms with E-state index in [-0.39, 0.29) is 29.9 Å². The van der Waals surface area contributed by atoms with Crippen LogP contribution in [0.15, 0.2) is 46.2 Å². The Hall–Kier alpha value is -4.12. The molecule has 0 bridgehead atoms. The van der Waals surface area contributed by atoms with Crippen molar-refractivity contribution in [2.24, 2.45) is 10.7 Å². The van der Waals surface area contributed by atoms with Crippen molar-refractivity contribution in [1.29, 1.82) is 0 Å². The lowest BCUT2D eigenvalue weighted by atomic mass is 10.1. The number of hydrazine groups is 1. The van der Waals surface area contributed by atoms with E-state index in [0.29, 0.717) is 54.1 Å². The smallest absolute Gasteiger partial charge is 0.262 e. The van der Waals surface area contributed by atoms with Crippen LogP contribution in [0.25, 0.3) is 10.9 Å². The fraction of sp³-hybridized carbons (Fsp3) is 0.261. The summed E-state index contributed by atoms with van der Waals surface area (Å²) < 4.78 is 1.47. The maximum absolute atomic E-state index is 13.3. The average molecular weight is 497 g/mol. The summed E-state index contributed by atoms with van der Waals surface area (Å²) in [5.74, 6) is 0.261. The van der Waals surface area contributed by atoms with Crippen molar-refractivity contribution in [3.05, 3.63) is 62.9 Å². The Balaban J connectivity index is 1.66. The van der Waals surface area contributed by atoms with E-state index in [9.17, 15) is 14.4 Å². The number of rotatable bonds is 7. The van der Waals surface area contributed by atoms with Crippen molar-refractivity contribution < 1.29 is 9.59 Å². The Morgan fingerprint density at radius 3 is 2.86 bits per heavy atom. The average Bonchev–Trinajstić information content (AvgIpc) is 2.83. The molecular weight excluding hydrogens is 472 g/mol. The summed E-state index contributed by atoms with van der Waals surface area (Å²) in [5.41, 5.74) is 13.8. The number of anilines is 1. The zero-order chi connectivity index (χ0) is 24.9. The number of piperazine rings is 1. The quantitative estimate of drug-likeness (QED) is 0.165.